The fraction of sp³-hybridized carbons (Fsp3) is 0.652. The van der Waals surface area contributed by atoms with Gasteiger partial charge in [0.2, 0.25) is 11.8 Å². The minimum atomic E-state index is -0.404. The average Bonchev–Trinajstić information content (AvgIpc) is 3.33. The summed E-state index contributed by atoms with van der Waals surface area (Å²) < 4.78 is 5.77. The van der Waals surface area contributed by atoms with Gasteiger partial charge in [-0.2, -0.15) is 0 Å². The quantitative estimate of drug-likeness (QED) is 0.843. The van der Waals surface area contributed by atoms with Gasteiger partial charge >= 0.3 is 0 Å². The third-order valence-corrected chi connectivity index (χ3v) is 6.82. The van der Waals surface area contributed by atoms with Crippen LogP contribution in [0.25, 0.3) is 0 Å². The Morgan fingerprint density at radius 2 is 1.59 bits per heavy atom. The molecule has 3 fully saturated rings. The lowest BCUT2D eigenvalue weighted by atomic mass is 9.91. The zero-order valence-electron chi connectivity index (χ0n) is 17.0. The molecule has 0 radical (unpaired) electrons. The van der Waals surface area contributed by atoms with Gasteiger partial charge < -0.3 is 19.6 Å². The molecule has 0 aromatic heterocycles. The molecule has 0 unspecified atom stereocenters. The van der Waals surface area contributed by atoms with Crippen molar-refractivity contribution in [2.45, 2.75) is 50.7 Å². The van der Waals surface area contributed by atoms with Crippen LogP contribution < -0.4 is 0 Å². The van der Waals surface area contributed by atoms with Crippen molar-refractivity contribution in [1.29, 1.82) is 0 Å². The lowest BCUT2D eigenvalue weighted by Crippen LogP contribution is -2.52. The maximum Gasteiger partial charge on any atom is 0.226 e. The van der Waals surface area contributed by atoms with Crippen molar-refractivity contribution in [2.75, 3.05) is 32.8 Å². The Bertz CT molecular complexity index is 696. The lowest BCUT2D eigenvalue weighted by Gasteiger charge is -2.43. The molecule has 0 spiro atoms. The smallest absolute Gasteiger partial charge is 0.226 e. The first-order valence-electron chi connectivity index (χ1n) is 11.1. The SMILES string of the molecule is O=C(C1CCCC1)N1CCC(C(=O)N2CCO[C@H](CO)[C@H]2c2ccccc2)CC1. The molecule has 6 heteroatoms. The molecule has 1 N–H and O–H groups in total. The predicted octanol–water partition coefficient (Wildman–Crippen LogP) is 2.38. The van der Waals surface area contributed by atoms with E-state index in [0.29, 0.717) is 32.1 Å². The molecule has 158 valence electrons. The summed E-state index contributed by atoms with van der Waals surface area (Å²) in [5.74, 6) is 0.566. The van der Waals surface area contributed by atoms with Crippen molar-refractivity contribution in [3.05, 3.63) is 35.9 Å². The number of hydrogen-bond acceptors (Lipinski definition) is 4. The first-order valence-corrected chi connectivity index (χ1v) is 11.1. The van der Waals surface area contributed by atoms with Gasteiger partial charge in [0.05, 0.1) is 19.3 Å². The van der Waals surface area contributed by atoms with Crippen LogP contribution in [0, 0.1) is 11.8 Å². The second-order valence-electron chi connectivity index (χ2n) is 8.56. The Labute approximate surface area is 172 Å². The second kappa shape index (κ2) is 9.26. The highest BCUT2D eigenvalue weighted by molar-refractivity contribution is 5.81. The van der Waals surface area contributed by atoms with Crippen LogP contribution in [0.1, 0.15) is 50.1 Å². The number of rotatable bonds is 4. The summed E-state index contributed by atoms with van der Waals surface area (Å²) in [6.07, 6.45) is 5.41. The summed E-state index contributed by atoms with van der Waals surface area (Å²) in [6.45, 7) is 2.22. The van der Waals surface area contributed by atoms with Crippen molar-refractivity contribution in [3.63, 3.8) is 0 Å². The van der Waals surface area contributed by atoms with Gasteiger partial charge in [-0.05, 0) is 31.2 Å². The van der Waals surface area contributed by atoms with E-state index in [4.69, 9.17) is 4.74 Å². The highest BCUT2D eigenvalue weighted by atomic mass is 16.5. The van der Waals surface area contributed by atoms with Crippen molar-refractivity contribution in [1.82, 2.24) is 9.80 Å². The van der Waals surface area contributed by atoms with E-state index in [-0.39, 0.29) is 30.4 Å². The third-order valence-electron chi connectivity index (χ3n) is 6.82. The van der Waals surface area contributed by atoms with Gasteiger partial charge in [0.25, 0.3) is 0 Å². The normalized spacial score (nSPS) is 26.7. The summed E-state index contributed by atoms with van der Waals surface area (Å²) in [5, 5.41) is 9.83. The van der Waals surface area contributed by atoms with Crippen LogP contribution in [-0.2, 0) is 14.3 Å². The molecule has 3 aliphatic rings. The Kier molecular flexibility index (Phi) is 6.50. The van der Waals surface area contributed by atoms with Crippen LogP contribution in [0.4, 0.5) is 0 Å². The van der Waals surface area contributed by atoms with Crippen molar-refractivity contribution >= 4 is 11.8 Å². The third kappa shape index (κ3) is 4.33. The van der Waals surface area contributed by atoms with Crippen LogP contribution in [0.5, 0.6) is 0 Å². The highest BCUT2D eigenvalue weighted by Gasteiger charge is 2.40. The number of carbonyl (C=O) groups is 2. The van der Waals surface area contributed by atoms with E-state index in [1.165, 1.54) is 0 Å². The topological polar surface area (TPSA) is 70.1 Å². The number of aliphatic hydroxyl groups is 1. The molecule has 1 aromatic carbocycles. The summed E-state index contributed by atoms with van der Waals surface area (Å²) in [7, 11) is 0. The van der Waals surface area contributed by atoms with Gasteiger partial charge in [0.15, 0.2) is 0 Å². The average molecular weight is 401 g/mol. The first kappa shape index (κ1) is 20.4. The number of carbonyl (C=O) groups excluding carboxylic acids is 2. The van der Waals surface area contributed by atoms with Crippen molar-refractivity contribution in [3.8, 4) is 0 Å². The van der Waals surface area contributed by atoms with Crippen molar-refractivity contribution in [2.24, 2.45) is 11.8 Å². The van der Waals surface area contributed by atoms with Crippen LogP contribution in [0.15, 0.2) is 30.3 Å². The number of benzene rings is 1. The summed E-state index contributed by atoms with van der Waals surface area (Å²) in [4.78, 5) is 30.0. The summed E-state index contributed by atoms with van der Waals surface area (Å²) >= 11 is 0. The number of piperidine rings is 1. The molecule has 29 heavy (non-hydrogen) atoms. The number of amides is 2. The minimum Gasteiger partial charge on any atom is -0.394 e. The number of likely N-dealkylation sites (tertiary alicyclic amines) is 1. The molecule has 2 saturated heterocycles. The number of nitrogens with zero attached hydrogens (tertiary/aromatic N) is 2. The first-order chi connectivity index (χ1) is 14.2. The maximum atomic E-state index is 13.4. The Hall–Kier alpha value is -1.92. The van der Waals surface area contributed by atoms with Gasteiger partial charge in [-0.1, -0.05) is 43.2 Å². The zero-order valence-corrected chi connectivity index (χ0v) is 17.0. The molecular formula is C23H32N2O4. The number of hydrogen-bond donors (Lipinski definition) is 1. The molecule has 4 rings (SSSR count). The molecule has 1 aliphatic carbocycles. The predicted molar refractivity (Wildman–Crippen MR) is 109 cm³/mol. The van der Waals surface area contributed by atoms with Gasteiger partial charge in [0, 0.05) is 31.5 Å². The van der Waals surface area contributed by atoms with Crippen LogP contribution in [-0.4, -0.2) is 65.7 Å². The lowest BCUT2D eigenvalue weighted by molar-refractivity contribution is -0.156. The van der Waals surface area contributed by atoms with E-state index >= 15 is 0 Å². The van der Waals surface area contributed by atoms with Gasteiger partial charge in [-0.15, -0.1) is 0 Å². The Morgan fingerprint density at radius 1 is 0.931 bits per heavy atom. The number of ether oxygens (including phenoxy) is 1. The molecule has 0 bridgehead atoms. The molecule has 2 amide bonds. The largest absolute Gasteiger partial charge is 0.394 e. The highest BCUT2D eigenvalue weighted by Crippen LogP contribution is 2.33. The van der Waals surface area contributed by atoms with E-state index in [1.807, 2.05) is 40.1 Å². The number of morpholine rings is 1. The fourth-order valence-electron chi connectivity index (χ4n) is 5.19. The Morgan fingerprint density at radius 3 is 2.24 bits per heavy atom. The van der Waals surface area contributed by atoms with E-state index in [9.17, 15) is 14.7 Å². The summed E-state index contributed by atoms with van der Waals surface area (Å²) in [6, 6.07) is 9.57. The van der Waals surface area contributed by atoms with Crippen LogP contribution >= 0.6 is 0 Å². The van der Waals surface area contributed by atoms with E-state index in [0.717, 1.165) is 44.1 Å². The monoisotopic (exact) mass is 400 g/mol. The number of aliphatic hydroxyl groups excluding tert-OH is 1. The molecule has 1 aromatic rings. The molecule has 2 atom stereocenters. The fourth-order valence-corrected chi connectivity index (χ4v) is 5.19. The molecular weight excluding hydrogens is 368 g/mol. The van der Waals surface area contributed by atoms with Gasteiger partial charge in [-0.25, -0.2) is 0 Å². The second-order valence-corrected chi connectivity index (χ2v) is 8.56. The summed E-state index contributed by atoms with van der Waals surface area (Å²) in [5.41, 5.74) is 0.994. The Balaban J connectivity index is 1.42. The van der Waals surface area contributed by atoms with E-state index in [1.54, 1.807) is 0 Å². The van der Waals surface area contributed by atoms with E-state index < -0.39 is 6.10 Å². The molecule has 1 saturated carbocycles. The van der Waals surface area contributed by atoms with Crippen molar-refractivity contribution < 1.29 is 19.4 Å². The van der Waals surface area contributed by atoms with Gasteiger partial charge in [-0.3, -0.25) is 9.59 Å². The van der Waals surface area contributed by atoms with Crippen LogP contribution in [0.2, 0.25) is 0 Å². The molecule has 6 nitrogen and oxygen atoms in total. The molecule has 2 aliphatic heterocycles. The van der Waals surface area contributed by atoms with Crippen LogP contribution in [0.3, 0.4) is 0 Å². The molecule has 2 heterocycles. The van der Waals surface area contributed by atoms with E-state index in [2.05, 4.69) is 0 Å². The minimum absolute atomic E-state index is 0.0636. The standard InChI is InChI=1S/C23H32N2O4/c26-16-20-21(17-6-2-1-3-7-17)25(14-15-29-20)23(28)19-10-12-24(13-11-19)22(27)18-8-4-5-9-18/h1-3,6-7,18-21,26H,4-5,8-16H2/t20-,21-/m1/s1. The zero-order chi connectivity index (χ0) is 20.2. The maximum absolute atomic E-state index is 13.4. The van der Waals surface area contributed by atoms with Gasteiger partial charge in [0.1, 0.15) is 6.10 Å².